The summed E-state index contributed by atoms with van der Waals surface area (Å²) < 4.78 is 0. The van der Waals surface area contributed by atoms with Crippen molar-refractivity contribution in [2.75, 3.05) is 13.1 Å². The molecule has 2 amide bonds. The number of likely N-dealkylation sites (tertiary alicyclic amines) is 1. The third-order valence-electron chi connectivity index (χ3n) is 4.59. The largest absolute Gasteiger partial charge is 0.353 e. The standard InChI is InChI=1S/C19H23ClN6O2/c1-13-22-24-26(23-13)12-16-11-17(20)5-3-15(16)4-6-19(28)25-9-7-18(8-10-25)21-14(2)27/h3-6,11,18H,7-10,12H2,1-2H3,(H,21,27). The molecule has 8 nitrogen and oxygen atoms in total. The summed E-state index contributed by atoms with van der Waals surface area (Å²) in [6.45, 7) is 4.96. The molecule has 1 aromatic carbocycles. The number of amides is 2. The van der Waals surface area contributed by atoms with Gasteiger partial charge in [-0.15, -0.1) is 10.2 Å². The summed E-state index contributed by atoms with van der Waals surface area (Å²) in [5.74, 6) is 0.519. The summed E-state index contributed by atoms with van der Waals surface area (Å²) >= 11 is 6.13. The number of halogens is 1. The van der Waals surface area contributed by atoms with Crippen molar-refractivity contribution in [1.82, 2.24) is 30.4 Å². The van der Waals surface area contributed by atoms with Crippen LogP contribution in [0, 0.1) is 6.92 Å². The van der Waals surface area contributed by atoms with Gasteiger partial charge >= 0.3 is 0 Å². The van der Waals surface area contributed by atoms with Gasteiger partial charge < -0.3 is 10.2 Å². The topological polar surface area (TPSA) is 93.0 Å². The van der Waals surface area contributed by atoms with Crippen molar-refractivity contribution < 1.29 is 9.59 Å². The van der Waals surface area contributed by atoms with E-state index >= 15 is 0 Å². The Morgan fingerprint density at radius 1 is 1.32 bits per heavy atom. The fourth-order valence-electron chi connectivity index (χ4n) is 3.21. The number of tetrazole rings is 1. The van der Waals surface area contributed by atoms with Crippen LogP contribution in [0.25, 0.3) is 6.08 Å². The molecule has 0 atom stereocenters. The lowest BCUT2D eigenvalue weighted by atomic mass is 10.0. The van der Waals surface area contributed by atoms with Crippen LogP contribution < -0.4 is 5.32 Å². The fraction of sp³-hybridized carbons (Fsp3) is 0.421. The molecule has 148 valence electrons. The van der Waals surface area contributed by atoms with Gasteiger partial charge in [0.05, 0.1) is 6.54 Å². The van der Waals surface area contributed by atoms with E-state index in [1.807, 2.05) is 12.1 Å². The van der Waals surface area contributed by atoms with Crippen LogP contribution in [-0.2, 0) is 16.1 Å². The number of aryl methyl sites for hydroxylation is 1. The van der Waals surface area contributed by atoms with E-state index in [-0.39, 0.29) is 17.9 Å². The van der Waals surface area contributed by atoms with Gasteiger partial charge in [0.1, 0.15) is 0 Å². The summed E-state index contributed by atoms with van der Waals surface area (Å²) in [5, 5.41) is 15.6. The Balaban J connectivity index is 1.65. The number of rotatable bonds is 5. The molecule has 1 saturated heterocycles. The number of hydrogen-bond donors (Lipinski definition) is 1. The van der Waals surface area contributed by atoms with Crippen molar-refractivity contribution in [2.24, 2.45) is 0 Å². The second-order valence-corrected chi connectivity index (χ2v) is 7.28. The van der Waals surface area contributed by atoms with Crippen molar-refractivity contribution in [1.29, 1.82) is 0 Å². The van der Waals surface area contributed by atoms with E-state index in [4.69, 9.17) is 11.6 Å². The van der Waals surface area contributed by atoms with Crippen LogP contribution in [0.3, 0.4) is 0 Å². The van der Waals surface area contributed by atoms with Gasteiger partial charge in [-0.1, -0.05) is 17.7 Å². The molecule has 9 heteroatoms. The maximum absolute atomic E-state index is 12.5. The van der Waals surface area contributed by atoms with Crippen molar-refractivity contribution in [2.45, 2.75) is 39.3 Å². The maximum atomic E-state index is 12.5. The summed E-state index contributed by atoms with van der Waals surface area (Å²) in [4.78, 5) is 27.0. The molecule has 2 aromatic rings. The van der Waals surface area contributed by atoms with Gasteiger partial charge in [-0.3, -0.25) is 9.59 Å². The number of benzene rings is 1. The SMILES string of the molecule is CC(=O)NC1CCN(C(=O)C=Cc2ccc(Cl)cc2Cn2nnc(C)n2)CC1. The molecule has 0 aliphatic carbocycles. The second-order valence-electron chi connectivity index (χ2n) is 6.84. The van der Waals surface area contributed by atoms with E-state index in [2.05, 4.69) is 20.7 Å². The van der Waals surface area contributed by atoms with Gasteiger partial charge in [0.15, 0.2) is 5.82 Å². The molecule has 0 unspecified atom stereocenters. The molecule has 0 spiro atoms. The third kappa shape index (κ3) is 5.39. The molecule has 1 aliphatic heterocycles. The Labute approximate surface area is 168 Å². The minimum atomic E-state index is -0.0445. The average molecular weight is 403 g/mol. The monoisotopic (exact) mass is 402 g/mol. The maximum Gasteiger partial charge on any atom is 0.246 e. The molecule has 0 radical (unpaired) electrons. The Morgan fingerprint density at radius 3 is 2.71 bits per heavy atom. The minimum absolute atomic E-state index is 0.0306. The number of aromatic nitrogens is 4. The zero-order valence-electron chi connectivity index (χ0n) is 15.9. The predicted molar refractivity (Wildman–Crippen MR) is 106 cm³/mol. The summed E-state index contributed by atoms with van der Waals surface area (Å²) in [6, 6.07) is 5.64. The molecule has 1 aliphatic rings. The van der Waals surface area contributed by atoms with Crippen LogP contribution in [0.4, 0.5) is 0 Å². The average Bonchev–Trinajstić information content (AvgIpc) is 3.06. The van der Waals surface area contributed by atoms with E-state index in [9.17, 15) is 9.59 Å². The normalized spacial score (nSPS) is 15.2. The smallest absolute Gasteiger partial charge is 0.246 e. The number of nitrogens with one attached hydrogen (secondary N) is 1. The highest BCUT2D eigenvalue weighted by Gasteiger charge is 2.21. The van der Waals surface area contributed by atoms with Gasteiger partial charge in [0, 0.05) is 37.2 Å². The van der Waals surface area contributed by atoms with E-state index in [0.29, 0.717) is 30.5 Å². The highest BCUT2D eigenvalue weighted by molar-refractivity contribution is 6.30. The molecule has 0 saturated carbocycles. The van der Waals surface area contributed by atoms with E-state index in [1.54, 1.807) is 30.0 Å². The van der Waals surface area contributed by atoms with Crippen LogP contribution in [-0.4, -0.2) is 56.1 Å². The van der Waals surface area contributed by atoms with Gasteiger partial charge in [0.25, 0.3) is 0 Å². The van der Waals surface area contributed by atoms with Crippen molar-refractivity contribution in [3.63, 3.8) is 0 Å². The first-order chi connectivity index (χ1) is 13.4. The first-order valence-electron chi connectivity index (χ1n) is 9.17. The van der Waals surface area contributed by atoms with Crippen LogP contribution >= 0.6 is 11.6 Å². The van der Waals surface area contributed by atoms with E-state index < -0.39 is 0 Å². The number of nitrogens with zero attached hydrogens (tertiary/aromatic N) is 5. The number of carbonyl (C=O) groups excluding carboxylic acids is 2. The van der Waals surface area contributed by atoms with Gasteiger partial charge in [0.2, 0.25) is 11.8 Å². The number of carbonyl (C=O) groups is 2. The first kappa shape index (κ1) is 20.0. The Bertz CT molecular complexity index is 886. The Hall–Kier alpha value is -2.74. The highest BCUT2D eigenvalue weighted by atomic mass is 35.5. The van der Waals surface area contributed by atoms with E-state index in [0.717, 1.165) is 24.0 Å². The molecule has 2 heterocycles. The minimum Gasteiger partial charge on any atom is -0.353 e. The van der Waals surface area contributed by atoms with Gasteiger partial charge in [-0.05, 0) is 54.3 Å². The summed E-state index contributed by atoms with van der Waals surface area (Å²) in [5.41, 5.74) is 1.78. The first-order valence-corrected chi connectivity index (χ1v) is 9.55. The van der Waals surface area contributed by atoms with E-state index in [1.165, 1.54) is 11.7 Å². The lowest BCUT2D eigenvalue weighted by Gasteiger charge is -2.31. The van der Waals surface area contributed by atoms with Crippen LogP contribution in [0.15, 0.2) is 24.3 Å². The van der Waals surface area contributed by atoms with Crippen molar-refractivity contribution >= 4 is 29.5 Å². The Kier molecular flexibility index (Phi) is 6.41. The second kappa shape index (κ2) is 8.97. The molecule has 1 aromatic heterocycles. The lowest BCUT2D eigenvalue weighted by molar-refractivity contribution is -0.127. The summed E-state index contributed by atoms with van der Waals surface area (Å²) in [7, 11) is 0. The fourth-order valence-corrected chi connectivity index (χ4v) is 3.41. The zero-order valence-corrected chi connectivity index (χ0v) is 16.7. The highest BCUT2D eigenvalue weighted by Crippen LogP contribution is 2.19. The molecule has 1 fully saturated rings. The number of hydrogen-bond acceptors (Lipinski definition) is 5. The van der Waals surface area contributed by atoms with Crippen molar-refractivity contribution in [3.05, 3.63) is 46.2 Å². The van der Waals surface area contributed by atoms with Crippen LogP contribution in [0.2, 0.25) is 5.02 Å². The van der Waals surface area contributed by atoms with Crippen molar-refractivity contribution in [3.8, 4) is 0 Å². The lowest BCUT2D eigenvalue weighted by Crippen LogP contribution is -2.45. The molecule has 28 heavy (non-hydrogen) atoms. The molecule has 0 bridgehead atoms. The summed E-state index contributed by atoms with van der Waals surface area (Å²) in [6.07, 6.45) is 4.90. The predicted octanol–water partition coefficient (Wildman–Crippen LogP) is 1.82. The third-order valence-corrected chi connectivity index (χ3v) is 4.82. The molecule has 3 rings (SSSR count). The quantitative estimate of drug-likeness (QED) is 0.770. The van der Waals surface area contributed by atoms with Gasteiger partial charge in [-0.25, -0.2) is 0 Å². The molecular formula is C19H23ClN6O2. The van der Waals surface area contributed by atoms with Crippen LogP contribution in [0.1, 0.15) is 36.7 Å². The van der Waals surface area contributed by atoms with Gasteiger partial charge in [-0.2, -0.15) is 4.80 Å². The zero-order chi connectivity index (χ0) is 20.1. The Morgan fingerprint density at radius 2 is 2.07 bits per heavy atom. The van der Waals surface area contributed by atoms with Crippen LogP contribution in [0.5, 0.6) is 0 Å². The number of piperidine rings is 1. The molecular weight excluding hydrogens is 380 g/mol. The molecule has 1 N–H and O–H groups in total.